The molecule has 1 heterocycles. The molecule has 1 aromatic rings. The molecule has 7 heteroatoms. The molecule has 4 nitrogen and oxygen atoms in total. The van der Waals surface area contributed by atoms with Gasteiger partial charge in [-0.1, -0.05) is 5.16 Å². The summed E-state index contributed by atoms with van der Waals surface area (Å²) in [5.74, 6) is 0.289. The number of aromatic nitrogens is 2. The van der Waals surface area contributed by atoms with Gasteiger partial charge < -0.3 is 9.84 Å². The van der Waals surface area contributed by atoms with Crippen molar-refractivity contribution in [3.05, 3.63) is 5.82 Å². The van der Waals surface area contributed by atoms with Crippen LogP contribution in [0.5, 0.6) is 0 Å². The largest absolute Gasteiger partial charge is 0.408 e. The van der Waals surface area contributed by atoms with E-state index in [1.807, 2.05) is 5.32 Å². The molecule has 1 atom stereocenters. The average molecular weight is 195 g/mol. The molecule has 0 radical (unpaired) electrons. The molecule has 1 aromatic heterocycles. The Morgan fingerprint density at radius 2 is 2.08 bits per heavy atom. The quantitative estimate of drug-likeness (QED) is 0.780. The van der Waals surface area contributed by atoms with E-state index in [1.54, 1.807) is 0 Å². The molecule has 0 spiro atoms. The molecule has 0 amide bonds. The molecule has 0 aliphatic heterocycles. The van der Waals surface area contributed by atoms with E-state index in [2.05, 4.69) is 14.7 Å². The van der Waals surface area contributed by atoms with Crippen molar-refractivity contribution >= 4 is 6.01 Å². The van der Waals surface area contributed by atoms with Crippen molar-refractivity contribution in [3.63, 3.8) is 0 Å². The lowest BCUT2D eigenvalue weighted by molar-refractivity contribution is -0.138. The Labute approximate surface area is 72.1 Å². The molecular weight excluding hydrogens is 187 g/mol. The van der Waals surface area contributed by atoms with Gasteiger partial charge in [0.2, 0.25) is 0 Å². The maximum Gasteiger partial charge on any atom is 0.408 e. The first-order valence-electron chi connectivity index (χ1n) is 3.53. The number of hydrogen-bond donors (Lipinski definition) is 1. The molecule has 0 bridgehead atoms. The number of nitrogens with one attached hydrogen (secondary N) is 1. The Bertz CT molecular complexity index is 283. The van der Waals surface area contributed by atoms with Crippen molar-refractivity contribution in [3.8, 4) is 0 Å². The van der Waals surface area contributed by atoms with Crippen LogP contribution in [0, 0.1) is 6.92 Å². The van der Waals surface area contributed by atoms with Crippen molar-refractivity contribution in [2.75, 3.05) is 5.32 Å². The highest BCUT2D eigenvalue weighted by molar-refractivity contribution is 5.20. The van der Waals surface area contributed by atoms with E-state index in [4.69, 9.17) is 0 Å². The van der Waals surface area contributed by atoms with Crippen molar-refractivity contribution < 1.29 is 17.7 Å². The van der Waals surface area contributed by atoms with Crippen LogP contribution in [-0.2, 0) is 0 Å². The van der Waals surface area contributed by atoms with Crippen LogP contribution in [0.3, 0.4) is 0 Å². The zero-order valence-electron chi connectivity index (χ0n) is 7.01. The van der Waals surface area contributed by atoms with Gasteiger partial charge in [-0.15, -0.1) is 0 Å². The molecule has 0 fully saturated rings. The molecule has 74 valence electrons. The van der Waals surface area contributed by atoms with Gasteiger partial charge in [-0.05, 0) is 13.8 Å². The van der Waals surface area contributed by atoms with Gasteiger partial charge in [0.05, 0.1) is 0 Å². The lowest BCUT2D eigenvalue weighted by Gasteiger charge is -2.14. The fourth-order valence-corrected chi connectivity index (χ4v) is 0.623. The summed E-state index contributed by atoms with van der Waals surface area (Å²) in [7, 11) is 0. The van der Waals surface area contributed by atoms with Gasteiger partial charge in [0.15, 0.2) is 5.82 Å². The number of hydrogen-bond acceptors (Lipinski definition) is 4. The molecule has 0 aromatic carbocycles. The fraction of sp³-hybridized carbons (Fsp3) is 0.667. The molecule has 1 rings (SSSR count). The first-order valence-corrected chi connectivity index (χ1v) is 3.53. The summed E-state index contributed by atoms with van der Waals surface area (Å²) in [4.78, 5) is 3.58. The number of anilines is 1. The van der Waals surface area contributed by atoms with Crippen molar-refractivity contribution in [2.24, 2.45) is 0 Å². The summed E-state index contributed by atoms with van der Waals surface area (Å²) < 4.78 is 40.4. The summed E-state index contributed by atoms with van der Waals surface area (Å²) >= 11 is 0. The van der Waals surface area contributed by atoms with Gasteiger partial charge in [-0.2, -0.15) is 18.2 Å². The number of alkyl halides is 3. The van der Waals surface area contributed by atoms with Crippen LogP contribution in [0.15, 0.2) is 4.52 Å². The van der Waals surface area contributed by atoms with Crippen LogP contribution < -0.4 is 5.32 Å². The van der Waals surface area contributed by atoms with Gasteiger partial charge in [-0.25, -0.2) is 0 Å². The number of halogens is 3. The maximum atomic E-state index is 12.0. The third-order valence-corrected chi connectivity index (χ3v) is 1.36. The van der Waals surface area contributed by atoms with Crippen LogP contribution in [0.25, 0.3) is 0 Å². The Morgan fingerprint density at radius 3 is 2.46 bits per heavy atom. The van der Waals surface area contributed by atoms with E-state index >= 15 is 0 Å². The highest BCUT2D eigenvalue weighted by atomic mass is 19.4. The first kappa shape index (κ1) is 9.82. The molecule has 0 aliphatic carbocycles. The highest BCUT2D eigenvalue weighted by Gasteiger charge is 2.36. The normalized spacial score (nSPS) is 14.2. The van der Waals surface area contributed by atoms with Crippen molar-refractivity contribution in [2.45, 2.75) is 26.1 Å². The van der Waals surface area contributed by atoms with Gasteiger partial charge >= 0.3 is 12.2 Å². The molecule has 0 saturated heterocycles. The second-order valence-electron chi connectivity index (χ2n) is 2.55. The summed E-state index contributed by atoms with van der Waals surface area (Å²) in [5.41, 5.74) is 0. The number of nitrogens with zero attached hydrogens (tertiary/aromatic N) is 2. The van der Waals surface area contributed by atoms with Crippen molar-refractivity contribution in [1.29, 1.82) is 0 Å². The minimum absolute atomic E-state index is 0.220. The van der Waals surface area contributed by atoms with E-state index in [1.165, 1.54) is 6.92 Å². The first-order chi connectivity index (χ1) is 5.89. The van der Waals surface area contributed by atoms with Gasteiger partial charge in [0.25, 0.3) is 0 Å². The second kappa shape index (κ2) is 3.23. The van der Waals surface area contributed by atoms with E-state index in [0.29, 0.717) is 0 Å². The third-order valence-electron chi connectivity index (χ3n) is 1.36. The van der Waals surface area contributed by atoms with Gasteiger partial charge in [0, 0.05) is 0 Å². The predicted octanol–water partition coefficient (Wildman–Crippen LogP) is 1.74. The minimum atomic E-state index is -4.32. The summed E-state index contributed by atoms with van der Waals surface area (Å²) in [6.07, 6.45) is -4.32. The van der Waals surface area contributed by atoms with Gasteiger partial charge in [0.1, 0.15) is 6.04 Å². The van der Waals surface area contributed by atoms with E-state index in [-0.39, 0.29) is 11.8 Å². The van der Waals surface area contributed by atoms with E-state index in [0.717, 1.165) is 6.92 Å². The molecular formula is C6H8F3N3O. The van der Waals surface area contributed by atoms with Crippen LogP contribution >= 0.6 is 0 Å². The molecule has 1 N–H and O–H groups in total. The average Bonchev–Trinajstić information content (AvgIpc) is 2.33. The topological polar surface area (TPSA) is 51.0 Å². The van der Waals surface area contributed by atoms with Crippen molar-refractivity contribution in [1.82, 2.24) is 10.1 Å². The lowest BCUT2D eigenvalue weighted by atomic mass is 10.3. The van der Waals surface area contributed by atoms with Crippen LogP contribution in [0.2, 0.25) is 0 Å². The summed E-state index contributed by atoms with van der Waals surface area (Å²) in [6.45, 7) is 2.49. The lowest BCUT2D eigenvalue weighted by Crippen LogP contribution is -2.33. The minimum Gasteiger partial charge on any atom is -0.326 e. The highest BCUT2D eigenvalue weighted by Crippen LogP contribution is 2.22. The summed E-state index contributed by atoms with van der Waals surface area (Å²) in [6, 6.07) is -1.92. The van der Waals surface area contributed by atoms with Gasteiger partial charge in [-0.3, -0.25) is 0 Å². The predicted molar refractivity (Wildman–Crippen MR) is 38.2 cm³/mol. The summed E-state index contributed by atoms with van der Waals surface area (Å²) in [5, 5.41) is 5.37. The monoisotopic (exact) mass is 195 g/mol. The molecule has 1 unspecified atom stereocenters. The zero-order chi connectivity index (χ0) is 10.1. The third kappa shape index (κ3) is 2.60. The second-order valence-corrected chi connectivity index (χ2v) is 2.55. The standard InChI is InChI=1S/C6H8F3N3O/c1-3(6(7,8)9)10-5-11-4(2)12-13-5/h3H,1-2H3,(H,10,11,12). The SMILES string of the molecule is Cc1noc(NC(C)C(F)(F)F)n1. The Kier molecular flexibility index (Phi) is 2.44. The Morgan fingerprint density at radius 1 is 1.46 bits per heavy atom. The Balaban J connectivity index is 2.60. The fourth-order valence-electron chi connectivity index (χ4n) is 0.623. The zero-order valence-corrected chi connectivity index (χ0v) is 7.01. The number of aryl methyl sites for hydroxylation is 1. The number of rotatable bonds is 2. The van der Waals surface area contributed by atoms with E-state index < -0.39 is 12.2 Å². The van der Waals surface area contributed by atoms with E-state index in [9.17, 15) is 13.2 Å². The van der Waals surface area contributed by atoms with Crippen LogP contribution in [0.1, 0.15) is 12.7 Å². The maximum absolute atomic E-state index is 12.0. The smallest absolute Gasteiger partial charge is 0.326 e. The molecule has 0 saturated carbocycles. The molecule has 0 aliphatic rings. The Hall–Kier alpha value is -1.27. The molecule has 13 heavy (non-hydrogen) atoms. The van der Waals surface area contributed by atoms with Crippen LogP contribution in [-0.4, -0.2) is 22.4 Å². The van der Waals surface area contributed by atoms with Crippen LogP contribution in [0.4, 0.5) is 19.2 Å².